The van der Waals surface area contributed by atoms with Crippen LogP contribution in [0.15, 0.2) is 77.8 Å². The van der Waals surface area contributed by atoms with E-state index >= 15 is 0 Å². The van der Waals surface area contributed by atoms with Crippen molar-refractivity contribution in [3.05, 3.63) is 89.7 Å². The number of benzene rings is 1. The average molecular weight is 446 g/mol. The Kier molecular flexibility index (Phi) is 5.04. The molecule has 0 aliphatic rings. The number of aromatic nitrogens is 4. The molecule has 2 N–H and O–H groups in total. The average Bonchev–Trinajstić information content (AvgIpc) is 3.47. The molecule has 0 atom stereocenters. The second kappa shape index (κ2) is 8.16. The summed E-state index contributed by atoms with van der Waals surface area (Å²) in [5, 5.41) is 18.2. The van der Waals surface area contributed by atoms with Crippen molar-refractivity contribution in [1.82, 2.24) is 19.7 Å². The second-order valence-electron chi connectivity index (χ2n) is 7.03. The van der Waals surface area contributed by atoms with E-state index in [1.807, 2.05) is 12.1 Å². The molecular weight excluding hydrogens is 430 g/mol. The first-order valence-electron chi connectivity index (χ1n) is 9.68. The van der Waals surface area contributed by atoms with E-state index in [9.17, 15) is 9.90 Å². The van der Waals surface area contributed by atoms with Gasteiger partial charge in [0.05, 0.1) is 34.8 Å². The van der Waals surface area contributed by atoms with Crippen molar-refractivity contribution in [3.8, 4) is 17.0 Å². The maximum atomic E-state index is 13.2. The number of phenols is 1. The van der Waals surface area contributed by atoms with Crippen molar-refractivity contribution in [2.24, 2.45) is 0 Å². The predicted molar refractivity (Wildman–Crippen MR) is 120 cm³/mol. The van der Waals surface area contributed by atoms with Gasteiger partial charge in [0, 0.05) is 23.0 Å². The number of rotatable bonds is 5. The number of phenolic OH excluding ortho intramolecular Hbond substituents is 1. The molecule has 0 fully saturated rings. The van der Waals surface area contributed by atoms with E-state index in [1.165, 1.54) is 18.2 Å². The van der Waals surface area contributed by atoms with Crippen LogP contribution in [0.5, 0.6) is 5.75 Å². The monoisotopic (exact) mass is 445 g/mol. The van der Waals surface area contributed by atoms with E-state index in [4.69, 9.17) is 21.0 Å². The number of halogens is 1. The lowest BCUT2D eigenvalue weighted by molar-refractivity contribution is 0.102. The van der Waals surface area contributed by atoms with Crippen LogP contribution in [0.4, 0.5) is 5.69 Å². The number of carbonyl (C=O) groups is 1. The lowest BCUT2D eigenvalue weighted by atomic mass is 10.1. The van der Waals surface area contributed by atoms with Crippen molar-refractivity contribution in [2.45, 2.75) is 6.54 Å². The number of nitrogens with one attached hydrogen (secondary N) is 1. The Morgan fingerprint density at radius 3 is 2.84 bits per heavy atom. The molecule has 1 aromatic carbocycles. The van der Waals surface area contributed by atoms with Crippen molar-refractivity contribution in [3.63, 3.8) is 0 Å². The molecule has 0 saturated heterocycles. The van der Waals surface area contributed by atoms with Gasteiger partial charge in [-0.05, 0) is 48.5 Å². The fourth-order valence-electron chi connectivity index (χ4n) is 3.36. The molecule has 4 heterocycles. The van der Waals surface area contributed by atoms with E-state index in [2.05, 4.69) is 15.4 Å². The summed E-state index contributed by atoms with van der Waals surface area (Å²) in [6.07, 6.45) is 6.52. The molecule has 158 valence electrons. The number of nitrogens with zero attached hydrogens (tertiary/aromatic N) is 4. The van der Waals surface area contributed by atoms with Crippen LogP contribution < -0.4 is 5.32 Å². The molecule has 4 aromatic heterocycles. The Balaban J connectivity index is 1.62. The van der Waals surface area contributed by atoms with Gasteiger partial charge in [0.2, 0.25) is 0 Å². The summed E-state index contributed by atoms with van der Waals surface area (Å²) in [4.78, 5) is 22.1. The second-order valence-corrected chi connectivity index (χ2v) is 7.47. The fourth-order valence-corrected chi connectivity index (χ4v) is 3.53. The lowest BCUT2D eigenvalue weighted by Crippen LogP contribution is -2.13. The van der Waals surface area contributed by atoms with Crippen molar-refractivity contribution in [1.29, 1.82) is 0 Å². The summed E-state index contributed by atoms with van der Waals surface area (Å²) in [6, 6.07) is 13.4. The first-order valence-corrected chi connectivity index (χ1v) is 10.1. The molecular formula is C23H16ClN5O3. The zero-order chi connectivity index (χ0) is 22.1. The van der Waals surface area contributed by atoms with Crippen LogP contribution >= 0.6 is 11.6 Å². The normalized spacial score (nSPS) is 11.0. The smallest absolute Gasteiger partial charge is 0.256 e. The third-order valence-corrected chi connectivity index (χ3v) is 5.14. The SMILES string of the molecule is O=C(Nc1cc(Cl)ccc1O)c1cc(-c2cccnc2)nc2c1cnn2Cc1ccco1. The maximum Gasteiger partial charge on any atom is 0.256 e. The highest BCUT2D eigenvalue weighted by Gasteiger charge is 2.19. The minimum Gasteiger partial charge on any atom is -0.506 e. The molecule has 0 bridgehead atoms. The van der Waals surface area contributed by atoms with E-state index in [-0.39, 0.29) is 11.4 Å². The summed E-state index contributed by atoms with van der Waals surface area (Å²) >= 11 is 6.02. The number of anilines is 1. The number of hydrogen-bond acceptors (Lipinski definition) is 6. The van der Waals surface area contributed by atoms with Gasteiger partial charge in [-0.15, -0.1) is 0 Å². The van der Waals surface area contributed by atoms with E-state index in [1.54, 1.807) is 47.7 Å². The Morgan fingerprint density at radius 1 is 1.16 bits per heavy atom. The quantitative estimate of drug-likeness (QED) is 0.378. The van der Waals surface area contributed by atoms with Gasteiger partial charge in [-0.1, -0.05) is 11.6 Å². The third-order valence-electron chi connectivity index (χ3n) is 4.90. The van der Waals surface area contributed by atoms with Crippen LogP contribution in [0.2, 0.25) is 5.02 Å². The molecule has 5 aromatic rings. The zero-order valence-corrected chi connectivity index (χ0v) is 17.3. The molecule has 0 unspecified atom stereocenters. The molecule has 5 rings (SSSR count). The van der Waals surface area contributed by atoms with Crippen LogP contribution in [0.3, 0.4) is 0 Å². The van der Waals surface area contributed by atoms with Crippen LogP contribution in [-0.2, 0) is 6.54 Å². The summed E-state index contributed by atoms with van der Waals surface area (Å²) in [7, 11) is 0. The number of furan rings is 1. The van der Waals surface area contributed by atoms with Crippen LogP contribution in [0, 0.1) is 0 Å². The fraction of sp³-hybridized carbons (Fsp3) is 0.0435. The van der Waals surface area contributed by atoms with E-state index in [0.29, 0.717) is 39.6 Å². The predicted octanol–water partition coefficient (Wildman–Crippen LogP) is 4.75. The number of amides is 1. The molecule has 32 heavy (non-hydrogen) atoms. The Morgan fingerprint density at radius 2 is 2.06 bits per heavy atom. The Labute approximate surface area is 187 Å². The maximum absolute atomic E-state index is 13.2. The van der Waals surface area contributed by atoms with Gasteiger partial charge in [0.15, 0.2) is 5.65 Å². The standard InChI is InChI=1S/C23H16ClN5O3/c24-15-5-6-21(30)20(9-15)28-23(31)17-10-19(14-3-1-7-25-11-14)27-22-18(17)12-26-29(22)13-16-4-2-8-32-16/h1-12,30H,13H2,(H,28,31). The van der Waals surface area contributed by atoms with Crippen LogP contribution in [0.1, 0.15) is 16.1 Å². The summed E-state index contributed by atoms with van der Waals surface area (Å²) in [5.41, 5.74) is 2.38. The van der Waals surface area contributed by atoms with E-state index in [0.717, 1.165) is 5.56 Å². The van der Waals surface area contributed by atoms with Crippen molar-refractivity contribution < 1.29 is 14.3 Å². The highest BCUT2D eigenvalue weighted by atomic mass is 35.5. The van der Waals surface area contributed by atoms with Gasteiger partial charge in [-0.2, -0.15) is 5.10 Å². The largest absolute Gasteiger partial charge is 0.506 e. The summed E-state index contributed by atoms with van der Waals surface area (Å²) in [5.74, 6) is 0.185. The number of pyridine rings is 2. The third kappa shape index (κ3) is 3.79. The molecule has 9 heteroatoms. The van der Waals surface area contributed by atoms with Crippen molar-refractivity contribution in [2.75, 3.05) is 5.32 Å². The van der Waals surface area contributed by atoms with Gasteiger partial charge >= 0.3 is 0 Å². The molecule has 8 nitrogen and oxygen atoms in total. The highest BCUT2D eigenvalue weighted by molar-refractivity contribution is 6.31. The number of fused-ring (bicyclic) bond motifs is 1. The topological polar surface area (TPSA) is 106 Å². The lowest BCUT2D eigenvalue weighted by Gasteiger charge is -2.11. The number of carbonyl (C=O) groups excluding carboxylic acids is 1. The number of aromatic hydroxyl groups is 1. The first-order chi connectivity index (χ1) is 15.6. The molecule has 1 amide bonds. The molecule has 0 radical (unpaired) electrons. The van der Waals surface area contributed by atoms with Crippen molar-refractivity contribution >= 4 is 34.2 Å². The van der Waals surface area contributed by atoms with Gasteiger partial charge in [-0.25, -0.2) is 9.67 Å². The summed E-state index contributed by atoms with van der Waals surface area (Å²) in [6.45, 7) is 0.357. The van der Waals surface area contributed by atoms with Crippen LogP contribution in [0.25, 0.3) is 22.3 Å². The van der Waals surface area contributed by atoms with Gasteiger partial charge in [0.1, 0.15) is 18.1 Å². The van der Waals surface area contributed by atoms with Gasteiger partial charge in [-0.3, -0.25) is 9.78 Å². The molecule has 0 saturated carbocycles. The zero-order valence-electron chi connectivity index (χ0n) is 16.6. The Hall–Kier alpha value is -4.17. The van der Waals surface area contributed by atoms with Crippen LogP contribution in [-0.4, -0.2) is 30.8 Å². The number of hydrogen-bond donors (Lipinski definition) is 2. The molecule has 0 spiro atoms. The highest BCUT2D eigenvalue weighted by Crippen LogP contribution is 2.29. The first kappa shape index (κ1) is 19.8. The van der Waals surface area contributed by atoms with Gasteiger partial charge in [0.25, 0.3) is 5.91 Å². The minimum absolute atomic E-state index is 0.0888. The van der Waals surface area contributed by atoms with E-state index < -0.39 is 5.91 Å². The summed E-state index contributed by atoms with van der Waals surface area (Å²) < 4.78 is 7.10. The molecule has 0 aliphatic heterocycles. The molecule has 0 aliphatic carbocycles. The Bertz CT molecular complexity index is 1410. The van der Waals surface area contributed by atoms with Gasteiger partial charge < -0.3 is 14.8 Å². The minimum atomic E-state index is -0.433.